The lowest BCUT2D eigenvalue weighted by molar-refractivity contribution is -0.122. The first-order chi connectivity index (χ1) is 14.1. The van der Waals surface area contributed by atoms with Gasteiger partial charge < -0.3 is 14.8 Å². The SMILES string of the molecule is Cc1ccc(CCNC(=O)CN2C(=O)CSc3cccn3-c3ccccc32)cc1. The van der Waals surface area contributed by atoms with E-state index in [9.17, 15) is 9.59 Å². The molecule has 1 N–H and O–H groups in total. The molecular weight excluding hydrogens is 382 g/mol. The molecule has 29 heavy (non-hydrogen) atoms. The van der Waals surface area contributed by atoms with Crippen molar-refractivity contribution in [3.63, 3.8) is 0 Å². The smallest absolute Gasteiger partial charge is 0.240 e. The zero-order valence-electron chi connectivity index (χ0n) is 16.3. The quantitative estimate of drug-likeness (QED) is 0.706. The Labute approximate surface area is 174 Å². The van der Waals surface area contributed by atoms with Crippen LogP contribution < -0.4 is 10.2 Å². The van der Waals surface area contributed by atoms with Crippen molar-refractivity contribution in [3.8, 4) is 5.69 Å². The zero-order chi connectivity index (χ0) is 20.2. The highest BCUT2D eigenvalue weighted by Crippen LogP contribution is 2.32. The van der Waals surface area contributed by atoms with Crippen molar-refractivity contribution in [2.24, 2.45) is 0 Å². The fourth-order valence-corrected chi connectivity index (χ4v) is 4.30. The molecule has 0 atom stereocenters. The molecule has 1 aliphatic rings. The second-order valence-corrected chi connectivity index (χ2v) is 8.05. The summed E-state index contributed by atoms with van der Waals surface area (Å²) in [5.74, 6) is 0.0804. The van der Waals surface area contributed by atoms with Gasteiger partial charge in [-0.25, -0.2) is 0 Å². The number of nitrogens with one attached hydrogen (secondary N) is 1. The molecule has 3 aromatic rings. The minimum Gasteiger partial charge on any atom is -0.354 e. The van der Waals surface area contributed by atoms with Crippen LogP contribution in [-0.4, -0.2) is 35.2 Å². The highest BCUT2D eigenvalue weighted by molar-refractivity contribution is 7.99. The van der Waals surface area contributed by atoms with Crippen LogP contribution in [0.2, 0.25) is 0 Å². The molecule has 0 unspecified atom stereocenters. The van der Waals surface area contributed by atoms with Crippen LogP contribution in [0.5, 0.6) is 0 Å². The Morgan fingerprint density at radius 3 is 2.59 bits per heavy atom. The lowest BCUT2D eigenvalue weighted by atomic mass is 10.1. The number of anilines is 1. The lowest BCUT2D eigenvalue weighted by Crippen LogP contribution is -2.43. The first-order valence-corrected chi connectivity index (χ1v) is 10.6. The average Bonchev–Trinajstić information content (AvgIpc) is 3.19. The molecule has 4 rings (SSSR count). The summed E-state index contributed by atoms with van der Waals surface area (Å²) in [7, 11) is 0. The van der Waals surface area contributed by atoms with Crippen molar-refractivity contribution in [2.75, 3.05) is 23.7 Å². The van der Waals surface area contributed by atoms with E-state index in [-0.39, 0.29) is 18.4 Å². The van der Waals surface area contributed by atoms with Crippen LogP contribution in [0.15, 0.2) is 71.9 Å². The van der Waals surface area contributed by atoms with Gasteiger partial charge in [0.05, 0.1) is 22.2 Å². The van der Waals surface area contributed by atoms with E-state index in [4.69, 9.17) is 0 Å². The summed E-state index contributed by atoms with van der Waals surface area (Å²) in [5, 5.41) is 3.97. The molecule has 0 spiro atoms. The normalized spacial score (nSPS) is 13.3. The predicted octanol–water partition coefficient (Wildman–Crippen LogP) is 3.58. The fourth-order valence-electron chi connectivity index (χ4n) is 3.40. The molecule has 0 fully saturated rings. The van der Waals surface area contributed by atoms with Gasteiger partial charge in [0, 0.05) is 12.7 Å². The number of aromatic nitrogens is 1. The molecule has 1 aliphatic heterocycles. The first kappa shape index (κ1) is 19.3. The number of thioether (sulfide) groups is 1. The molecular formula is C23H23N3O2S. The molecule has 0 bridgehead atoms. The number of aryl methyl sites for hydroxylation is 1. The van der Waals surface area contributed by atoms with Gasteiger partial charge in [0.25, 0.3) is 0 Å². The Morgan fingerprint density at radius 2 is 1.79 bits per heavy atom. The molecule has 6 heteroatoms. The van der Waals surface area contributed by atoms with Gasteiger partial charge in [0.15, 0.2) is 0 Å². The molecule has 0 saturated carbocycles. The molecule has 2 amide bonds. The molecule has 5 nitrogen and oxygen atoms in total. The van der Waals surface area contributed by atoms with Gasteiger partial charge in [-0.2, -0.15) is 0 Å². The number of rotatable bonds is 5. The summed E-state index contributed by atoms with van der Waals surface area (Å²) in [5.41, 5.74) is 4.06. The Morgan fingerprint density at radius 1 is 1.03 bits per heavy atom. The second kappa shape index (κ2) is 8.57. The highest BCUT2D eigenvalue weighted by Gasteiger charge is 2.25. The Bertz CT molecular complexity index is 1030. The third-order valence-corrected chi connectivity index (χ3v) is 5.97. The largest absolute Gasteiger partial charge is 0.354 e. The van der Waals surface area contributed by atoms with E-state index in [0.717, 1.165) is 22.8 Å². The number of nitrogens with zero attached hydrogens (tertiary/aromatic N) is 2. The number of para-hydroxylation sites is 2. The maximum atomic E-state index is 12.8. The number of amides is 2. The monoisotopic (exact) mass is 405 g/mol. The van der Waals surface area contributed by atoms with E-state index in [1.807, 2.05) is 42.6 Å². The average molecular weight is 406 g/mol. The van der Waals surface area contributed by atoms with E-state index in [1.165, 1.54) is 22.9 Å². The summed E-state index contributed by atoms with van der Waals surface area (Å²) in [6.45, 7) is 2.61. The van der Waals surface area contributed by atoms with Gasteiger partial charge in [0.1, 0.15) is 6.54 Å². The molecule has 148 valence electrons. The first-order valence-electron chi connectivity index (χ1n) is 9.64. The third-order valence-electron chi connectivity index (χ3n) is 4.95. The van der Waals surface area contributed by atoms with Crippen LogP contribution in [-0.2, 0) is 16.0 Å². The summed E-state index contributed by atoms with van der Waals surface area (Å²) in [4.78, 5) is 27.0. The van der Waals surface area contributed by atoms with Crippen molar-refractivity contribution in [2.45, 2.75) is 18.4 Å². The lowest BCUT2D eigenvalue weighted by Gasteiger charge is -2.27. The molecule has 2 heterocycles. The van der Waals surface area contributed by atoms with Gasteiger partial charge >= 0.3 is 0 Å². The molecule has 1 aromatic heterocycles. The Kier molecular flexibility index (Phi) is 5.71. The summed E-state index contributed by atoms with van der Waals surface area (Å²) in [6, 6.07) is 20.0. The third kappa shape index (κ3) is 4.38. The van der Waals surface area contributed by atoms with Crippen LogP contribution >= 0.6 is 11.8 Å². The van der Waals surface area contributed by atoms with E-state index in [1.54, 1.807) is 4.90 Å². The number of hydrogen-bond acceptors (Lipinski definition) is 3. The molecule has 0 saturated heterocycles. The van der Waals surface area contributed by atoms with Crippen molar-refractivity contribution < 1.29 is 9.59 Å². The van der Waals surface area contributed by atoms with Gasteiger partial charge in [0.2, 0.25) is 11.8 Å². The summed E-state index contributed by atoms with van der Waals surface area (Å²) in [6.07, 6.45) is 2.75. The minimum atomic E-state index is -0.154. The van der Waals surface area contributed by atoms with Crippen LogP contribution in [0.4, 0.5) is 5.69 Å². The van der Waals surface area contributed by atoms with Crippen molar-refractivity contribution in [1.29, 1.82) is 0 Å². The van der Waals surface area contributed by atoms with Gasteiger partial charge in [-0.15, -0.1) is 0 Å². The highest BCUT2D eigenvalue weighted by atomic mass is 32.2. The minimum absolute atomic E-state index is 0.0148. The van der Waals surface area contributed by atoms with Crippen LogP contribution in [0.25, 0.3) is 5.69 Å². The second-order valence-electron chi connectivity index (χ2n) is 7.06. The van der Waals surface area contributed by atoms with Crippen molar-refractivity contribution >= 4 is 29.3 Å². The van der Waals surface area contributed by atoms with Crippen LogP contribution in [0.3, 0.4) is 0 Å². The molecule has 0 aliphatic carbocycles. The number of carbonyl (C=O) groups excluding carboxylic acids is 2. The summed E-state index contributed by atoms with van der Waals surface area (Å²) < 4.78 is 2.06. The molecule has 2 aromatic carbocycles. The Hall–Kier alpha value is -2.99. The van der Waals surface area contributed by atoms with Crippen molar-refractivity contribution in [3.05, 3.63) is 78.0 Å². The maximum absolute atomic E-state index is 12.8. The van der Waals surface area contributed by atoms with Gasteiger partial charge in [-0.3, -0.25) is 9.59 Å². The van der Waals surface area contributed by atoms with E-state index >= 15 is 0 Å². The van der Waals surface area contributed by atoms with Gasteiger partial charge in [-0.1, -0.05) is 53.7 Å². The topological polar surface area (TPSA) is 54.3 Å². The fraction of sp³-hybridized carbons (Fsp3) is 0.217. The standard InChI is InChI=1S/C23H23N3O2S/c1-17-8-10-18(11-9-17)12-13-24-21(27)15-26-20-6-3-2-5-19(20)25-14-4-7-23(25)29-16-22(26)28/h2-11,14H,12-13,15-16H2,1H3,(H,24,27). The van der Waals surface area contributed by atoms with E-state index in [2.05, 4.69) is 41.1 Å². The van der Waals surface area contributed by atoms with E-state index < -0.39 is 0 Å². The van der Waals surface area contributed by atoms with Gasteiger partial charge in [-0.05, 0) is 43.2 Å². The number of hydrogen-bond donors (Lipinski definition) is 1. The number of carbonyl (C=O) groups is 2. The van der Waals surface area contributed by atoms with Crippen LogP contribution in [0, 0.1) is 6.92 Å². The zero-order valence-corrected chi connectivity index (χ0v) is 17.1. The number of benzene rings is 2. The van der Waals surface area contributed by atoms with Crippen molar-refractivity contribution in [1.82, 2.24) is 9.88 Å². The predicted molar refractivity (Wildman–Crippen MR) is 117 cm³/mol. The summed E-state index contributed by atoms with van der Waals surface area (Å²) >= 11 is 1.49. The Balaban J connectivity index is 1.47. The van der Waals surface area contributed by atoms with Crippen LogP contribution in [0.1, 0.15) is 11.1 Å². The molecule has 0 radical (unpaired) electrons. The maximum Gasteiger partial charge on any atom is 0.240 e. The number of fused-ring (bicyclic) bond motifs is 3. The van der Waals surface area contributed by atoms with E-state index in [0.29, 0.717) is 12.3 Å².